The summed E-state index contributed by atoms with van der Waals surface area (Å²) < 4.78 is 1.28. The average Bonchev–Trinajstić information content (AvgIpc) is 2.49. The molecule has 2 rings (SSSR count). The fourth-order valence-corrected chi connectivity index (χ4v) is 3.52. The van der Waals surface area contributed by atoms with Crippen molar-refractivity contribution in [1.82, 2.24) is 5.32 Å². The lowest BCUT2D eigenvalue weighted by atomic mass is 9.97. The Kier molecular flexibility index (Phi) is 3.06. The summed E-state index contributed by atoms with van der Waals surface area (Å²) in [6, 6.07) is 2.30. The van der Waals surface area contributed by atoms with Crippen LogP contribution < -0.4 is 5.32 Å². The Bertz CT molecular complexity index is 270. The van der Waals surface area contributed by atoms with Gasteiger partial charge in [0.15, 0.2) is 0 Å². The molecular weight excluding hydrogens is 246 g/mol. The highest BCUT2D eigenvalue weighted by molar-refractivity contribution is 9.10. The topological polar surface area (TPSA) is 12.0 Å². The van der Waals surface area contributed by atoms with Gasteiger partial charge in [-0.3, -0.25) is 0 Å². The third-order valence-corrected chi connectivity index (χ3v) is 4.92. The van der Waals surface area contributed by atoms with E-state index in [0.717, 1.165) is 5.92 Å². The quantitative estimate of drug-likeness (QED) is 0.817. The molecule has 1 nitrogen and oxygen atoms in total. The number of rotatable bonds is 1. The lowest BCUT2D eigenvalue weighted by molar-refractivity contribution is 0.465. The van der Waals surface area contributed by atoms with Gasteiger partial charge in [-0.1, -0.05) is 0 Å². The molecule has 1 aromatic heterocycles. The largest absolute Gasteiger partial charge is 0.317 e. The van der Waals surface area contributed by atoms with Gasteiger partial charge in [-0.15, -0.1) is 11.3 Å². The predicted molar refractivity (Wildman–Crippen MR) is 61.6 cm³/mol. The van der Waals surface area contributed by atoms with E-state index in [2.05, 4.69) is 34.2 Å². The Balaban J connectivity index is 2.14. The second-order valence-corrected chi connectivity index (χ2v) is 5.72. The number of piperidine rings is 1. The Morgan fingerprint density at radius 2 is 2.15 bits per heavy atom. The molecule has 13 heavy (non-hydrogen) atoms. The van der Waals surface area contributed by atoms with E-state index in [1.165, 1.54) is 35.3 Å². The van der Waals surface area contributed by atoms with Gasteiger partial charge in [-0.05, 0) is 60.8 Å². The first kappa shape index (κ1) is 9.69. The van der Waals surface area contributed by atoms with Gasteiger partial charge >= 0.3 is 0 Å². The van der Waals surface area contributed by atoms with Crippen LogP contribution in [0, 0.1) is 6.92 Å². The van der Waals surface area contributed by atoms with E-state index in [1.54, 1.807) is 4.88 Å². The average molecular weight is 260 g/mol. The van der Waals surface area contributed by atoms with Gasteiger partial charge in [-0.2, -0.15) is 0 Å². The van der Waals surface area contributed by atoms with Crippen LogP contribution in [0.1, 0.15) is 28.5 Å². The van der Waals surface area contributed by atoms with Crippen LogP contribution in [0.25, 0.3) is 0 Å². The van der Waals surface area contributed by atoms with Gasteiger partial charge in [0, 0.05) is 14.2 Å². The zero-order valence-electron chi connectivity index (χ0n) is 7.77. The van der Waals surface area contributed by atoms with Crippen molar-refractivity contribution < 1.29 is 0 Å². The van der Waals surface area contributed by atoms with Gasteiger partial charge in [0.2, 0.25) is 0 Å². The molecule has 3 heteroatoms. The molecule has 1 aliphatic heterocycles. The van der Waals surface area contributed by atoms with Crippen LogP contribution in [0.4, 0.5) is 0 Å². The smallest absolute Gasteiger partial charge is 0.0314 e. The lowest BCUT2D eigenvalue weighted by Gasteiger charge is -2.21. The molecule has 72 valence electrons. The summed E-state index contributed by atoms with van der Waals surface area (Å²) in [7, 11) is 0. The van der Waals surface area contributed by atoms with Crippen molar-refractivity contribution in [2.45, 2.75) is 25.7 Å². The van der Waals surface area contributed by atoms with Gasteiger partial charge in [0.1, 0.15) is 0 Å². The van der Waals surface area contributed by atoms with Gasteiger partial charge in [0.25, 0.3) is 0 Å². The van der Waals surface area contributed by atoms with Crippen LogP contribution in [-0.4, -0.2) is 13.1 Å². The zero-order chi connectivity index (χ0) is 9.26. The molecule has 2 heterocycles. The van der Waals surface area contributed by atoms with Crippen molar-refractivity contribution in [2.75, 3.05) is 13.1 Å². The molecule has 0 aliphatic carbocycles. The van der Waals surface area contributed by atoms with Crippen molar-refractivity contribution in [3.8, 4) is 0 Å². The van der Waals surface area contributed by atoms with Crippen molar-refractivity contribution in [3.05, 3.63) is 20.3 Å². The third kappa shape index (κ3) is 2.14. The normalized spacial score (nSPS) is 19.2. The molecule has 0 amide bonds. The number of thiophene rings is 1. The minimum absolute atomic E-state index is 0.802. The van der Waals surface area contributed by atoms with E-state index >= 15 is 0 Å². The van der Waals surface area contributed by atoms with Gasteiger partial charge in [0.05, 0.1) is 0 Å². The second kappa shape index (κ2) is 4.11. The molecular formula is C10H14BrNS. The molecule has 1 aliphatic rings. The van der Waals surface area contributed by atoms with Crippen LogP contribution in [0.5, 0.6) is 0 Å². The highest BCUT2D eigenvalue weighted by atomic mass is 79.9. The van der Waals surface area contributed by atoms with Crippen LogP contribution in [0.2, 0.25) is 0 Å². The van der Waals surface area contributed by atoms with E-state index in [9.17, 15) is 0 Å². The van der Waals surface area contributed by atoms with Crippen LogP contribution >= 0.6 is 27.3 Å². The van der Waals surface area contributed by atoms with Crippen molar-refractivity contribution >= 4 is 27.3 Å². The summed E-state index contributed by atoms with van der Waals surface area (Å²) in [6.07, 6.45) is 2.60. The first-order valence-electron chi connectivity index (χ1n) is 4.74. The molecule has 0 unspecified atom stereocenters. The monoisotopic (exact) mass is 259 g/mol. The third-order valence-electron chi connectivity index (χ3n) is 2.62. The molecule has 1 fully saturated rings. The van der Waals surface area contributed by atoms with Crippen molar-refractivity contribution in [2.24, 2.45) is 0 Å². The predicted octanol–water partition coefficient (Wildman–Crippen LogP) is 3.29. The standard InChI is InChI=1S/C10H14BrNS/c1-7-9(11)6-10(13-7)8-2-4-12-5-3-8/h6,8,12H,2-5H2,1H3. The summed E-state index contributed by atoms with van der Waals surface area (Å²) in [5.74, 6) is 0.802. The molecule has 0 bridgehead atoms. The molecule has 0 radical (unpaired) electrons. The summed E-state index contributed by atoms with van der Waals surface area (Å²) >= 11 is 5.52. The Labute approximate surface area is 91.7 Å². The number of hydrogen-bond donors (Lipinski definition) is 1. The highest BCUT2D eigenvalue weighted by Gasteiger charge is 2.17. The SMILES string of the molecule is Cc1sc(C2CCNCC2)cc1Br. The number of hydrogen-bond acceptors (Lipinski definition) is 2. The number of aryl methyl sites for hydroxylation is 1. The summed E-state index contributed by atoms with van der Waals surface area (Å²) in [4.78, 5) is 2.97. The fraction of sp³-hybridized carbons (Fsp3) is 0.600. The Morgan fingerprint density at radius 1 is 1.46 bits per heavy atom. The van der Waals surface area contributed by atoms with Gasteiger partial charge < -0.3 is 5.32 Å². The van der Waals surface area contributed by atoms with Crippen LogP contribution in [-0.2, 0) is 0 Å². The molecule has 0 spiro atoms. The highest BCUT2D eigenvalue weighted by Crippen LogP contribution is 2.35. The first-order valence-corrected chi connectivity index (χ1v) is 6.35. The maximum atomic E-state index is 3.58. The van der Waals surface area contributed by atoms with Crippen molar-refractivity contribution in [3.63, 3.8) is 0 Å². The number of halogens is 1. The minimum Gasteiger partial charge on any atom is -0.317 e. The van der Waals surface area contributed by atoms with Crippen LogP contribution in [0.15, 0.2) is 10.5 Å². The molecule has 1 aromatic rings. The van der Waals surface area contributed by atoms with E-state index in [4.69, 9.17) is 0 Å². The molecule has 0 aromatic carbocycles. The molecule has 1 N–H and O–H groups in total. The maximum Gasteiger partial charge on any atom is 0.0314 e. The molecule has 0 atom stereocenters. The van der Waals surface area contributed by atoms with E-state index in [0.29, 0.717) is 0 Å². The first-order chi connectivity index (χ1) is 6.27. The minimum atomic E-state index is 0.802. The summed E-state index contributed by atoms with van der Waals surface area (Å²) in [5.41, 5.74) is 0. The van der Waals surface area contributed by atoms with Gasteiger partial charge in [-0.25, -0.2) is 0 Å². The fourth-order valence-electron chi connectivity index (χ4n) is 1.79. The lowest BCUT2D eigenvalue weighted by Crippen LogP contribution is -2.26. The summed E-state index contributed by atoms with van der Waals surface area (Å²) in [6.45, 7) is 4.54. The molecule has 0 saturated carbocycles. The maximum absolute atomic E-state index is 3.58. The van der Waals surface area contributed by atoms with E-state index < -0.39 is 0 Å². The van der Waals surface area contributed by atoms with E-state index in [1.807, 2.05) is 11.3 Å². The summed E-state index contributed by atoms with van der Waals surface area (Å²) in [5, 5.41) is 3.40. The van der Waals surface area contributed by atoms with E-state index in [-0.39, 0.29) is 0 Å². The van der Waals surface area contributed by atoms with Crippen LogP contribution in [0.3, 0.4) is 0 Å². The Hall–Kier alpha value is 0.140. The van der Waals surface area contributed by atoms with Crippen molar-refractivity contribution in [1.29, 1.82) is 0 Å². The molecule has 1 saturated heterocycles. The Morgan fingerprint density at radius 3 is 2.69 bits per heavy atom. The zero-order valence-corrected chi connectivity index (χ0v) is 10.2. The second-order valence-electron chi connectivity index (χ2n) is 3.58. The number of nitrogens with one attached hydrogen (secondary N) is 1.